The smallest absolute Gasteiger partial charge is 0.320 e. The summed E-state index contributed by atoms with van der Waals surface area (Å²) < 4.78 is 0. The molecule has 1 heterocycles. The summed E-state index contributed by atoms with van der Waals surface area (Å²) in [5, 5.41) is 6.59. The van der Waals surface area contributed by atoms with Crippen LogP contribution in [0.5, 0.6) is 0 Å². The van der Waals surface area contributed by atoms with Crippen LogP contribution < -0.4 is 10.6 Å². The molecule has 2 N–H and O–H groups in total. The molecule has 4 heteroatoms. The SMILES string of the molecule is Cc1cccc(NC(=O)N(CC2CCCCN2)C2CC2)c1. The molecule has 3 rings (SSSR count). The van der Waals surface area contributed by atoms with Gasteiger partial charge in [0.15, 0.2) is 0 Å². The molecule has 1 aliphatic carbocycles. The van der Waals surface area contributed by atoms with Crippen LogP contribution in [0.1, 0.15) is 37.7 Å². The van der Waals surface area contributed by atoms with Crippen LogP contribution in [0.4, 0.5) is 10.5 Å². The number of aryl methyl sites for hydroxylation is 1. The molecular formula is C17H25N3O. The van der Waals surface area contributed by atoms with Crippen molar-refractivity contribution in [3.05, 3.63) is 29.8 Å². The molecule has 1 saturated carbocycles. The van der Waals surface area contributed by atoms with Gasteiger partial charge in [0.25, 0.3) is 0 Å². The Hall–Kier alpha value is -1.55. The van der Waals surface area contributed by atoms with Gasteiger partial charge < -0.3 is 15.5 Å². The summed E-state index contributed by atoms with van der Waals surface area (Å²) in [4.78, 5) is 14.6. The van der Waals surface area contributed by atoms with E-state index in [1.54, 1.807) is 0 Å². The zero-order chi connectivity index (χ0) is 14.7. The minimum atomic E-state index is 0.0514. The van der Waals surface area contributed by atoms with Crippen LogP contribution >= 0.6 is 0 Å². The van der Waals surface area contributed by atoms with E-state index in [0.717, 1.165) is 31.6 Å². The summed E-state index contributed by atoms with van der Waals surface area (Å²) in [5.74, 6) is 0. The second-order valence-electron chi connectivity index (χ2n) is 6.33. The molecule has 1 aliphatic heterocycles. The lowest BCUT2D eigenvalue weighted by molar-refractivity contribution is 0.196. The zero-order valence-corrected chi connectivity index (χ0v) is 12.8. The number of rotatable bonds is 4. The molecule has 0 bridgehead atoms. The zero-order valence-electron chi connectivity index (χ0n) is 12.8. The van der Waals surface area contributed by atoms with E-state index in [9.17, 15) is 4.79 Å². The molecule has 2 fully saturated rings. The highest BCUT2D eigenvalue weighted by molar-refractivity contribution is 5.89. The molecule has 21 heavy (non-hydrogen) atoms. The first-order chi connectivity index (χ1) is 10.2. The topological polar surface area (TPSA) is 44.4 Å². The Bertz CT molecular complexity index is 493. The van der Waals surface area contributed by atoms with Gasteiger partial charge in [0, 0.05) is 24.3 Å². The summed E-state index contributed by atoms with van der Waals surface area (Å²) in [6.45, 7) is 3.96. The van der Waals surface area contributed by atoms with E-state index in [-0.39, 0.29) is 6.03 Å². The average molecular weight is 287 g/mol. The number of carbonyl (C=O) groups excluding carboxylic acids is 1. The summed E-state index contributed by atoms with van der Waals surface area (Å²) in [7, 11) is 0. The van der Waals surface area contributed by atoms with Crippen molar-refractivity contribution in [2.24, 2.45) is 0 Å². The van der Waals surface area contributed by atoms with Gasteiger partial charge in [-0.3, -0.25) is 0 Å². The molecule has 2 amide bonds. The molecule has 1 aromatic rings. The first-order valence-corrected chi connectivity index (χ1v) is 8.10. The molecule has 0 aromatic heterocycles. The second kappa shape index (κ2) is 6.48. The van der Waals surface area contributed by atoms with Crippen molar-refractivity contribution in [3.63, 3.8) is 0 Å². The fourth-order valence-electron chi connectivity index (χ4n) is 3.02. The highest BCUT2D eigenvalue weighted by Crippen LogP contribution is 2.28. The number of anilines is 1. The summed E-state index contributed by atoms with van der Waals surface area (Å²) in [5.41, 5.74) is 2.06. The lowest BCUT2D eigenvalue weighted by atomic mass is 10.0. The first-order valence-electron chi connectivity index (χ1n) is 8.10. The highest BCUT2D eigenvalue weighted by atomic mass is 16.2. The average Bonchev–Trinajstić information content (AvgIpc) is 3.30. The lowest BCUT2D eigenvalue weighted by Crippen LogP contribution is -2.48. The molecule has 0 radical (unpaired) electrons. The van der Waals surface area contributed by atoms with Gasteiger partial charge in [0.05, 0.1) is 0 Å². The summed E-state index contributed by atoms with van der Waals surface area (Å²) in [6, 6.07) is 8.95. The number of amides is 2. The molecule has 0 spiro atoms. The predicted octanol–water partition coefficient (Wildman–Crippen LogP) is 3.13. The number of nitrogens with one attached hydrogen (secondary N) is 2. The number of urea groups is 1. The monoisotopic (exact) mass is 287 g/mol. The maximum atomic E-state index is 12.6. The van der Waals surface area contributed by atoms with Gasteiger partial charge in [-0.25, -0.2) is 4.79 Å². The minimum absolute atomic E-state index is 0.0514. The van der Waals surface area contributed by atoms with E-state index >= 15 is 0 Å². The molecule has 1 atom stereocenters. The van der Waals surface area contributed by atoms with E-state index in [1.165, 1.54) is 24.8 Å². The van der Waals surface area contributed by atoms with Gasteiger partial charge >= 0.3 is 6.03 Å². The van der Waals surface area contributed by atoms with Gasteiger partial charge in [-0.2, -0.15) is 0 Å². The Morgan fingerprint density at radius 1 is 1.33 bits per heavy atom. The molecule has 1 unspecified atom stereocenters. The number of hydrogen-bond donors (Lipinski definition) is 2. The standard InChI is InChI=1S/C17H25N3O/c1-13-5-4-7-14(11-13)19-17(21)20(16-8-9-16)12-15-6-2-3-10-18-15/h4-5,7,11,15-16,18H,2-3,6,8-10,12H2,1H3,(H,19,21). The second-order valence-corrected chi connectivity index (χ2v) is 6.33. The molecule has 4 nitrogen and oxygen atoms in total. The van der Waals surface area contributed by atoms with Gasteiger partial charge in [0.1, 0.15) is 0 Å². The van der Waals surface area contributed by atoms with E-state index in [2.05, 4.69) is 10.6 Å². The number of hydrogen-bond acceptors (Lipinski definition) is 2. The van der Waals surface area contributed by atoms with Crippen LogP contribution in [-0.2, 0) is 0 Å². The van der Waals surface area contributed by atoms with Crippen molar-refractivity contribution in [2.75, 3.05) is 18.4 Å². The summed E-state index contributed by atoms with van der Waals surface area (Å²) in [6.07, 6.45) is 6.01. The third-order valence-corrected chi connectivity index (χ3v) is 4.35. The van der Waals surface area contributed by atoms with Crippen LogP contribution in [0.2, 0.25) is 0 Å². The molecule has 2 aliphatic rings. The van der Waals surface area contributed by atoms with Crippen LogP contribution in [-0.4, -0.2) is 36.1 Å². The maximum Gasteiger partial charge on any atom is 0.322 e. The van der Waals surface area contributed by atoms with Crippen molar-refractivity contribution in [1.29, 1.82) is 0 Å². The lowest BCUT2D eigenvalue weighted by Gasteiger charge is -2.30. The van der Waals surface area contributed by atoms with Gasteiger partial charge in [0.2, 0.25) is 0 Å². The Balaban J connectivity index is 1.61. The largest absolute Gasteiger partial charge is 0.322 e. The molecule has 1 saturated heterocycles. The van der Waals surface area contributed by atoms with Gasteiger partial charge in [-0.05, 0) is 56.8 Å². The van der Waals surface area contributed by atoms with Crippen molar-refractivity contribution in [1.82, 2.24) is 10.2 Å². The third-order valence-electron chi connectivity index (χ3n) is 4.35. The Kier molecular flexibility index (Phi) is 4.44. The van der Waals surface area contributed by atoms with Crippen molar-refractivity contribution in [2.45, 2.75) is 51.1 Å². The quantitative estimate of drug-likeness (QED) is 0.893. The van der Waals surface area contributed by atoms with Crippen molar-refractivity contribution in [3.8, 4) is 0 Å². The van der Waals surface area contributed by atoms with Crippen LogP contribution in [0, 0.1) is 6.92 Å². The third kappa shape index (κ3) is 3.97. The van der Waals surface area contributed by atoms with Crippen LogP contribution in [0.15, 0.2) is 24.3 Å². The number of nitrogens with zero attached hydrogens (tertiary/aromatic N) is 1. The van der Waals surface area contributed by atoms with Gasteiger partial charge in [-0.15, -0.1) is 0 Å². The minimum Gasteiger partial charge on any atom is -0.320 e. The highest BCUT2D eigenvalue weighted by Gasteiger charge is 2.34. The van der Waals surface area contributed by atoms with Crippen molar-refractivity contribution >= 4 is 11.7 Å². The van der Waals surface area contributed by atoms with E-state index in [0.29, 0.717) is 12.1 Å². The van der Waals surface area contributed by atoms with E-state index < -0.39 is 0 Å². The number of carbonyl (C=O) groups is 1. The van der Waals surface area contributed by atoms with E-state index in [4.69, 9.17) is 0 Å². The predicted molar refractivity (Wildman–Crippen MR) is 85.6 cm³/mol. The first kappa shape index (κ1) is 14.4. The molecular weight excluding hydrogens is 262 g/mol. The summed E-state index contributed by atoms with van der Waals surface area (Å²) >= 11 is 0. The van der Waals surface area contributed by atoms with Gasteiger partial charge in [-0.1, -0.05) is 18.6 Å². The Morgan fingerprint density at radius 2 is 2.19 bits per heavy atom. The van der Waals surface area contributed by atoms with Crippen molar-refractivity contribution < 1.29 is 4.79 Å². The fraction of sp³-hybridized carbons (Fsp3) is 0.588. The Labute approximate surface area is 126 Å². The maximum absolute atomic E-state index is 12.6. The number of benzene rings is 1. The van der Waals surface area contributed by atoms with E-state index in [1.807, 2.05) is 36.1 Å². The van der Waals surface area contributed by atoms with Crippen LogP contribution in [0.25, 0.3) is 0 Å². The molecule has 114 valence electrons. The Morgan fingerprint density at radius 3 is 2.86 bits per heavy atom. The molecule has 1 aromatic carbocycles. The number of piperidine rings is 1. The van der Waals surface area contributed by atoms with Crippen LogP contribution in [0.3, 0.4) is 0 Å². The normalized spacial score (nSPS) is 21.9. The fourth-order valence-corrected chi connectivity index (χ4v) is 3.02.